The van der Waals surface area contributed by atoms with Gasteiger partial charge in [-0.25, -0.2) is 0 Å². The third kappa shape index (κ3) is 1.09. The highest BCUT2D eigenvalue weighted by atomic mass is 14.8. The van der Waals surface area contributed by atoms with Crippen LogP contribution in [0, 0.1) is 46.3 Å². The molecular weight excluding hydrogens is 239 g/mol. The van der Waals surface area contributed by atoms with Crippen molar-refractivity contribution in [2.75, 3.05) is 0 Å². The van der Waals surface area contributed by atoms with Crippen LogP contribution < -0.4 is 0 Å². The summed E-state index contributed by atoms with van der Waals surface area (Å²) in [6.07, 6.45) is 5.86. The fourth-order valence-corrected chi connectivity index (χ4v) is 8.00. The van der Waals surface area contributed by atoms with Crippen molar-refractivity contribution in [3.8, 4) is 0 Å². The van der Waals surface area contributed by atoms with Gasteiger partial charge in [-0.05, 0) is 66.1 Å². The monoisotopic (exact) mass is 270 g/mol. The van der Waals surface area contributed by atoms with E-state index in [2.05, 4.69) is 42.5 Å². The average Bonchev–Trinajstić information content (AvgIpc) is 2.96. The number of hydrogen-bond donors (Lipinski definition) is 0. The Kier molecular flexibility index (Phi) is 2.53. The Morgan fingerprint density at radius 3 is 2.40 bits per heavy atom. The Balaban J connectivity index is 1.79. The maximum atomic E-state index is 2.70. The van der Waals surface area contributed by atoms with Gasteiger partial charge >= 0.3 is 0 Å². The normalized spacial score (nSPS) is 59.6. The van der Waals surface area contributed by atoms with E-state index in [-0.39, 0.29) is 0 Å². The molecule has 0 N–H and O–H groups in total. The molecule has 0 amide bonds. The van der Waals surface area contributed by atoms with Crippen LogP contribution in [0.25, 0.3) is 0 Å². The van der Waals surface area contributed by atoms with Crippen molar-refractivity contribution in [2.24, 2.45) is 46.3 Å². The molecule has 0 aromatic heterocycles. The summed E-state index contributed by atoms with van der Waals surface area (Å²) in [7, 11) is 2.45. The smallest absolute Gasteiger partial charge is 0.107 e. The molecule has 4 aliphatic carbocycles. The van der Waals surface area contributed by atoms with Crippen molar-refractivity contribution in [3.63, 3.8) is 0 Å². The summed E-state index contributed by atoms with van der Waals surface area (Å²) in [6, 6.07) is 0. The molecule has 3 saturated carbocycles. The van der Waals surface area contributed by atoms with Crippen molar-refractivity contribution in [1.82, 2.24) is 0 Å². The first-order valence-electron chi connectivity index (χ1n) is 9.06. The predicted molar refractivity (Wildman–Crippen MR) is 88.2 cm³/mol. The van der Waals surface area contributed by atoms with Crippen LogP contribution in [0.5, 0.6) is 0 Å². The van der Waals surface area contributed by atoms with Gasteiger partial charge in [0.1, 0.15) is 7.85 Å². The summed E-state index contributed by atoms with van der Waals surface area (Å²) < 4.78 is 0. The molecule has 8 unspecified atom stereocenters. The summed E-state index contributed by atoms with van der Waals surface area (Å²) in [5.41, 5.74) is 4.85. The highest BCUT2D eigenvalue weighted by molar-refractivity contribution is 6.22. The molecule has 0 saturated heterocycles. The maximum absolute atomic E-state index is 2.70. The van der Waals surface area contributed by atoms with E-state index in [0.717, 1.165) is 35.5 Å². The summed E-state index contributed by atoms with van der Waals surface area (Å²) in [5, 5.41) is 0. The SMILES string of the molecule is BC1=C(C)C2CC1C1C2C2(C)C(C)CC(CCC)C12C. The van der Waals surface area contributed by atoms with Crippen LogP contribution in [0.1, 0.15) is 60.3 Å². The molecule has 4 rings (SSSR count). The van der Waals surface area contributed by atoms with Crippen LogP contribution in [0.4, 0.5) is 0 Å². The van der Waals surface area contributed by atoms with E-state index < -0.39 is 0 Å². The third-order valence-corrected chi connectivity index (χ3v) is 9.19. The molecule has 3 fully saturated rings. The number of fused-ring (bicyclic) bond motifs is 8. The Morgan fingerprint density at radius 2 is 1.75 bits per heavy atom. The van der Waals surface area contributed by atoms with Gasteiger partial charge in [-0.15, -0.1) is 5.47 Å². The van der Waals surface area contributed by atoms with Crippen molar-refractivity contribution in [2.45, 2.75) is 60.3 Å². The van der Waals surface area contributed by atoms with Gasteiger partial charge in [-0.3, -0.25) is 0 Å². The van der Waals surface area contributed by atoms with E-state index in [1.165, 1.54) is 25.7 Å². The molecule has 20 heavy (non-hydrogen) atoms. The molecule has 8 atom stereocenters. The van der Waals surface area contributed by atoms with Crippen LogP contribution in [0.3, 0.4) is 0 Å². The molecule has 110 valence electrons. The topological polar surface area (TPSA) is 0 Å². The maximum Gasteiger partial charge on any atom is 0.134 e. The van der Waals surface area contributed by atoms with E-state index >= 15 is 0 Å². The van der Waals surface area contributed by atoms with Gasteiger partial charge in [0.2, 0.25) is 0 Å². The van der Waals surface area contributed by atoms with Gasteiger partial charge in [0.05, 0.1) is 0 Å². The van der Waals surface area contributed by atoms with Crippen molar-refractivity contribution < 1.29 is 0 Å². The fraction of sp³-hybridized carbons (Fsp3) is 0.895. The lowest BCUT2D eigenvalue weighted by molar-refractivity contribution is -0.210. The van der Waals surface area contributed by atoms with Crippen LogP contribution in [-0.2, 0) is 0 Å². The summed E-state index contributed by atoms with van der Waals surface area (Å²) >= 11 is 0. The molecule has 0 radical (unpaired) electrons. The van der Waals surface area contributed by atoms with Gasteiger partial charge < -0.3 is 0 Å². The quantitative estimate of drug-likeness (QED) is 0.658. The van der Waals surface area contributed by atoms with Gasteiger partial charge in [0.15, 0.2) is 0 Å². The Bertz CT molecular complexity index is 492. The van der Waals surface area contributed by atoms with Crippen LogP contribution in [-0.4, -0.2) is 7.85 Å². The van der Waals surface area contributed by atoms with E-state index in [0.29, 0.717) is 10.8 Å². The minimum absolute atomic E-state index is 0.638. The van der Waals surface area contributed by atoms with E-state index in [4.69, 9.17) is 0 Å². The van der Waals surface area contributed by atoms with Crippen LogP contribution >= 0.6 is 0 Å². The lowest BCUT2D eigenvalue weighted by Crippen LogP contribution is -2.65. The van der Waals surface area contributed by atoms with Gasteiger partial charge in [0.25, 0.3) is 0 Å². The molecule has 1 heteroatoms. The number of hydrogen-bond acceptors (Lipinski definition) is 0. The van der Waals surface area contributed by atoms with Gasteiger partial charge in [-0.1, -0.05) is 46.1 Å². The molecule has 0 aliphatic heterocycles. The first-order chi connectivity index (χ1) is 9.39. The van der Waals surface area contributed by atoms with Crippen molar-refractivity contribution in [3.05, 3.63) is 11.0 Å². The summed E-state index contributed by atoms with van der Waals surface area (Å²) in [6.45, 7) is 12.8. The molecule has 0 aromatic carbocycles. The summed E-state index contributed by atoms with van der Waals surface area (Å²) in [5.74, 6) is 5.90. The molecule has 0 nitrogen and oxygen atoms in total. The Hall–Kier alpha value is -0.195. The first-order valence-corrected chi connectivity index (χ1v) is 9.06. The zero-order valence-electron chi connectivity index (χ0n) is 14.3. The Labute approximate surface area is 126 Å². The zero-order valence-corrected chi connectivity index (χ0v) is 14.3. The molecular formula is C19H31B. The first kappa shape index (κ1) is 13.5. The zero-order chi connectivity index (χ0) is 14.4. The van der Waals surface area contributed by atoms with Crippen LogP contribution in [0.2, 0.25) is 0 Å². The minimum atomic E-state index is 0.638. The molecule has 2 bridgehead atoms. The second-order valence-electron chi connectivity index (χ2n) is 9.05. The lowest BCUT2D eigenvalue weighted by atomic mass is 9.34. The lowest BCUT2D eigenvalue weighted by Gasteiger charge is -2.69. The Morgan fingerprint density at radius 1 is 1.10 bits per heavy atom. The molecule has 0 aromatic rings. The highest BCUT2D eigenvalue weighted by Gasteiger charge is 2.79. The van der Waals surface area contributed by atoms with Crippen molar-refractivity contribution >= 4 is 7.85 Å². The summed E-state index contributed by atoms with van der Waals surface area (Å²) in [4.78, 5) is 0. The number of allylic oxidation sites excluding steroid dienone is 2. The molecule has 0 spiro atoms. The van der Waals surface area contributed by atoms with E-state index in [9.17, 15) is 0 Å². The van der Waals surface area contributed by atoms with E-state index in [1.54, 1.807) is 11.0 Å². The second-order valence-corrected chi connectivity index (χ2v) is 9.05. The van der Waals surface area contributed by atoms with Gasteiger partial charge in [0, 0.05) is 0 Å². The largest absolute Gasteiger partial charge is 0.134 e. The standard InChI is InChI=1S/C19H31B/c1-6-7-12-8-10(2)18(4)15-13-9-14(17(20)11(13)3)16(15)19(12,18)5/h10,12-16H,6-9,20H2,1-5H3. The highest BCUT2D eigenvalue weighted by Crippen LogP contribution is 2.84. The second kappa shape index (κ2) is 3.76. The number of rotatable bonds is 2. The predicted octanol–water partition coefficient (Wildman–Crippen LogP) is 4.26. The van der Waals surface area contributed by atoms with Crippen molar-refractivity contribution in [1.29, 1.82) is 0 Å². The minimum Gasteiger partial charge on any atom is -0.107 e. The fourth-order valence-electron chi connectivity index (χ4n) is 8.00. The third-order valence-electron chi connectivity index (χ3n) is 9.19. The molecule has 4 aliphatic rings. The van der Waals surface area contributed by atoms with Crippen LogP contribution in [0.15, 0.2) is 11.0 Å². The average molecular weight is 270 g/mol. The molecule has 0 heterocycles. The van der Waals surface area contributed by atoms with E-state index in [1.807, 2.05) is 0 Å². The van der Waals surface area contributed by atoms with Gasteiger partial charge in [-0.2, -0.15) is 0 Å².